The van der Waals surface area contributed by atoms with E-state index in [0.29, 0.717) is 0 Å². The Labute approximate surface area is 103 Å². The van der Waals surface area contributed by atoms with E-state index in [-0.39, 0.29) is 0 Å². The van der Waals surface area contributed by atoms with Crippen molar-refractivity contribution in [3.63, 3.8) is 0 Å². The van der Waals surface area contributed by atoms with Gasteiger partial charge in [-0.1, -0.05) is 0 Å². The Balaban J connectivity index is 1.61. The number of aromatic nitrogens is 2. The molecule has 0 amide bonds. The van der Waals surface area contributed by atoms with Crippen molar-refractivity contribution < 1.29 is 0 Å². The van der Waals surface area contributed by atoms with Gasteiger partial charge in [0.15, 0.2) is 0 Å². The van der Waals surface area contributed by atoms with Crippen LogP contribution in [0, 0.1) is 13.8 Å². The van der Waals surface area contributed by atoms with Crippen LogP contribution in [0.4, 0.5) is 0 Å². The van der Waals surface area contributed by atoms with Gasteiger partial charge in [0.1, 0.15) is 0 Å². The highest BCUT2D eigenvalue weighted by atomic mass is 15.1. The number of hydrogen-bond donors (Lipinski definition) is 2. The molecular formula is C13H22N4. The van der Waals surface area contributed by atoms with Crippen LogP contribution in [0.2, 0.25) is 0 Å². The van der Waals surface area contributed by atoms with Crippen molar-refractivity contribution in [1.82, 2.24) is 20.8 Å². The van der Waals surface area contributed by atoms with Crippen LogP contribution in [0.25, 0.3) is 0 Å². The molecule has 0 unspecified atom stereocenters. The van der Waals surface area contributed by atoms with E-state index in [2.05, 4.69) is 26.9 Å². The maximum atomic E-state index is 4.12. The van der Waals surface area contributed by atoms with Gasteiger partial charge < -0.3 is 10.6 Å². The zero-order valence-corrected chi connectivity index (χ0v) is 10.8. The van der Waals surface area contributed by atoms with Gasteiger partial charge >= 0.3 is 0 Å². The molecule has 1 aliphatic carbocycles. The number of rotatable bonds is 7. The Morgan fingerprint density at radius 2 is 2.06 bits per heavy atom. The zero-order valence-electron chi connectivity index (χ0n) is 10.8. The van der Waals surface area contributed by atoms with Crippen molar-refractivity contribution in [3.05, 3.63) is 23.0 Å². The second kappa shape index (κ2) is 6.07. The van der Waals surface area contributed by atoms with Crippen molar-refractivity contribution in [1.29, 1.82) is 0 Å². The molecule has 17 heavy (non-hydrogen) atoms. The highest BCUT2D eigenvalue weighted by Crippen LogP contribution is 2.18. The molecule has 1 aromatic heterocycles. The Bertz CT molecular complexity index is 360. The molecule has 0 spiro atoms. The normalized spacial score (nSPS) is 15.2. The largest absolute Gasteiger partial charge is 0.314 e. The predicted octanol–water partition coefficient (Wildman–Crippen LogP) is 1.33. The minimum atomic E-state index is 0.823. The molecule has 94 valence electrons. The molecular weight excluding hydrogens is 212 g/mol. The molecule has 0 radical (unpaired) electrons. The second-order valence-electron chi connectivity index (χ2n) is 4.86. The molecule has 1 aliphatic rings. The third-order valence-electron chi connectivity index (χ3n) is 3.06. The Kier molecular flexibility index (Phi) is 4.45. The van der Waals surface area contributed by atoms with E-state index in [1.54, 1.807) is 0 Å². The van der Waals surface area contributed by atoms with Crippen molar-refractivity contribution in [2.45, 2.75) is 45.7 Å². The summed E-state index contributed by atoms with van der Waals surface area (Å²) in [5.41, 5.74) is 3.27. The van der Waals surface area contributed by atoms with Gasteiger partial charge in [-0.05, 0) is 57.8 Å². The molecule has 0 saturated heterocycles. The summed E-state index contributed by atoms with van der Waals surface area (Å²) in [6.07, 6.45) is 3.93. The molecule has 0 aliphatic heterocycles. The number of nitrogens with zero attached hydrogens (tertiary/aromatic N) is 2. The smallest absolute Gasteiger partial charge is 0.0645 e. The average Bonchev–Trinajstić information content (AvgIpc) is 3.11. The van der Waals surface area contributed by atoms with Crippen LogP contribution in [0.3, 0.4) is 0 Å². The van der Waals surface area contributed by atoms with Crippen LogP contribution >= 0.6 is 0 Å². The lowest BCUT2D eigenvalue weighted by Crippen LogP contribution is -2.23. The fraction of sp³-hybridized carbons (Fsp3) is 0.692. The molecule has 2 rings (SSSR count). The minimum Gasteiger partial charge on any atom is -0.314 e. The van der Waals surface area contributed by atoms with Gasteiger partial charge in [-0.2, -0.15) is 10.2 Å². The lowest BCUT2D eigenvalue weighted by molar-refractivity contribution is 0.591. The quantitative estimate of drug-likeness (QED) is 0.699. The molecule has 1 heterocycles. The number of nitrogens with one attached hydrogen (secondary N) is 2. The topological polar surface area (TPSA) is 49.8 Å². The minimum absolute atomic E-state index is 0.823. The van der Waals surface area contributed by atoms with Crippen LogP contribution in [0.15, 0.2) is 6.07 Å². The fourth-order valence-electron chi connectivity index (χ4n) is 1.81. The molecule has 0 aromatic carbocycles. The molecule has 0 bridgehead atoms. The molecule has 1 saturated carbocycles. The predicted molar refractivity (Wildman–Crippen MR) is 68.9 cm³/mol. The van der Waals surface area contributed by atoms with Crippen LogP contribution in [0.1, 0.15) is 36.2 Å². The molecule has 2 N–H and O–H groups in total. The highest BCUT2D eigenvalue weighted by molar-refractivity contribution is 5.19. The summed E-state index contributed by atoms with van der Waals surface area (Å²) in [5, 5.41) is 15.1. The Morgan fingerprint density at radius 1 is 1.24 bits per heavy atom. The highest BCUT2D eigenvalue weighted by Gasteiger charge is 2.19. The van der Waals surface area contributed by atoms with Crippen molar-refractivity contribution in [3.8, 4) is 0 Å². The first-order chi connectivity index (χ1) is 8.25. The summed E-state index contributed by atoms with van der Waals surface area (Å²) >= 11 is 0. The monoisotopic (exact) mass is 234 g/mol. The van der Waals surface area contributed by atoms with E-state index in [0.717, 1.165) is 37.1 Å². The third kappa shape index (κ3) is 4.40. The summed E-state index contributed by atoms with van der Waals surface area (Å²) in [4.78, 5) is 0. The van der Waals surface area contributed by atoms with E-state index < -0.39 is 0 Å². The van der Waals surface area contributed by atoms with Crippen LogP contribution in [0.5, 0.6) is 0 Å². The van der Waals surface area contributed by atoms with Gasteiger partial charge in [-0.25, -0.2) is 0 Å². The van der Waals surface area contributed by atoms with Gasteiger partial charge in [-0.3, -0.25) is 0 Å². The molecule has 1 aromatic rings. The molecule has 1 fully saturated rings. The van der Waals surface area contributed by atoms with Crippen molar-refractivity contribution >= 4 is 0 Å². The van der Waals surface area contributed by atoms with E-state index in [4.69, 9.17) is 0 Å². The van der Waals surface area contributed by atoms with Gasteiger partial charge in [0.05, 0.1) is 11.4 Å². The molecule has 4 nitrogen and oxygen atoms in total. The lowest BCUT2D eigenvalue weighted by Gasteiger charge is -2.07. The lowest BCUT2D eigenvalue weighted by atomic mass is 10.2. The van der Waals surface area contributed by atoms with E-state index in [1.165, 1.54) is 24.8 Å². The van der Waals surface area contributed by atoms with Gasteiger partial charge in [0, 0.05) is 12.6 Å². The first kappa shape index (κ1) is 12.5. The summed E-state index contributed by atoms with van der Waals surface area (Å²) in [5.74, 6) is 0. The van der Waals surface area contributed by atoms with E-state index in [1.807, 2.05) is 13.8 Å². The molecule has 0 atom stereocenters. The van der Waals surface area contributed by atoms with Crippen molar-refractivity contribution in [2.24, 2.45) is 0 Å². The molecule has 4 heteroatoms. The van der Waals surface area contributed by atoms with Crippen LogP contribution in [-0.2, 0) is 6.54 Å². The maximum Gasteiger partial charge on any atom is 0.0645 e. The van der Waals surface area contributed by atoms with Gasteiger partial charge in [0.25, 0.3) is 0 Å². The van der Waals surface area contributed by atoms with E-state index >= 15 is 0 Å². The zero-order chi connectivity index (χ0) is 12.1. The first-order valence-corrected chi connectivity index (χ1v) is 6.49. The summed E-state index contributed by atoms with van der Waals surface area (Å²) in [7, 11) is 0. The standard InChI is InChI=1S/C13H22N4/c1-10-8-12(11(2)17-16-10)9-14-6-3-7-15-13-4-5-13/h8,13-15H,3-7,9H2,1-2H3. The second-order valence-corrected chi connectivity index (χ2v) is 4.86. The van der Waals surface area contributed by atoms with E-state index in [9.17, 15) is 0 Å². The summed E-state index contributed by atoms with van der Waals surface area (Å²) in [6.45, 7) is 7.07. The van der Waals surface area contributed by atoms with Gasteiger partial charge in [0.2, 0.25) is 0 Å². The number of aryl methyl sites for hydroxylation is 2. The summed E-state index contributed by atoms with van der Waals surface area (Å²) in [6, 6.07) is 2.93. The van der Waals surface area contributed by atoms with Crippen LogP contribution in [-0.4, -0.2) is 29.3 Å². The Morgan fingerprint density at radius 3 is 2.82 bits per heavy atom. The fourth-order valence-corrected chi connectivity index (χ4v) is 1.81. The van der Waals surface area contributed by atoms with Crippen LogP contribution < -0.4 is 10.6 Å². The Hall–Kier alpha value is -1.00. The van der Waals surface area contributed by atoms with Gasteiger partial charge in [-0.15, -0.1) is 0 Å². The average molecular weight is 234 g/mol. The summed E-state index contributed by atoms with van der Waals surface area (Å²) < 4.78 is 0. The number of hydrogen-bond acceptors (Lipinski definition) is 4. The maximum absolute atomic E-state index is 4.12. The SMILES string of the molecule is Cc1cc(CNCCCNC2CC2)c(C)nn1. The van der Waals surface area contributed by atoms with Crippen molar-refractivity contribution in [2.75, 3.05) is 13.1 Å². The third-order valence-corrected chi connectivity index (χ3v) is 3.06. The first-order valence-electron chi connectivity index (χ1n) is 6.49.